The normalized spacial score (nSPS) is 10.3. The lowest BCUT2D eigenvalue weighted by Gasteiger charge is -2.21. The summed E-state index contributed by atoms with van der Waals surface area (Å²) in [6.45, 7) is 2.74. The molecule has 0 heterocycles. The van der Waals surface area contributed by atoms with Crippen LogP contribution in [0.25, 0.3) is 0 Å². The van der Waals surface area contributed by atoms with E-state index in [0.29, 0.717) is 5.56 Å². The summed E-state index contributed by atoms with van der Waals surface area (Å²) in [4.78, 5) is 13.3. The van der Waals surface area contributed by atoms with Crippen LogP contribution in [-0.2, 0) is 6.54 Å². The third kappa shape index (κ3) is 3.09. The Bertz CT molecular complexity index is 620. The summed E-state index contributed by atoms with van der Waals surface area (Å²) in [7, 11) is 2.02. The van der Waals surface area contributed by atoms with Crippen LogP contribution >= 0.6 is 0 Å². The van der Waals surface area contributed by atoms with Crippen LogP contribution in [0.1, 0.15) is 21.5 Å². The lowest BCUT2D eigenvalue weighted by Crippen LogP contribution is -2.17. The first kappa shape index (κ1) is 13.9. The number of hydrogen-bond acceptors (Lipinski definition) is 3. The molecule has 0 bridgehead atoms. The van der Waals surface area contributed by atoms with Crippen molar-refractivity contribution in [2.24, 2.45) is 5.73 Å². The summed E-state index contributed by atoms with van der Waals surface area (Å²) in [5.41, 5.74) is 15.6. The molecule has 2 rings (SSSR count). The molecule has 2 aromatic rings. The van der Waals surface area contributed by atoms with Crippen molar-refractivity contribution in [1.29, 1.82) is 0 Å². The van der Waals surface area contributed by atoms with Crippen molar-refractivity contribution >= 4 is 17.3 Å². The average molecular weight is 269 g/mol. The van der Waals surface area contributed by atoms with Crippen molar-refractivity contribution in [2.45, 2.75) is 13.5 Å². The van der Waals surface area contributed by atoms with Gasteiger partial charge < -0.3 is 16.4 Å². The van der Waals surface area contributed by atoms with E-state index in [4.69, 9.17) is 11.5 Å². The van der Waals surface area contributed by atoms with Gasteiger partial charge in [0.05, 0.1) is 0 Å². The van der Waals surface area contributed by atoms with Crippen molar-refractivity contribution in [3.8, 4) is 0 Å². The molecule has 0 aliphatic carbocycles. The number of nitrogens with zero attached hydrogens (tertiary/aromatic N) is 1. The van der Waals surface area contributed by atoms with Crippen LogP contribution in [0.15, 0.2) is 42.5 Å². The van der Waals surface area contributed by atoms with Crippen molar-refractivity contribution < 1.29 is 4.79 Å². The zero-order valence-electron chi connectivity index (χ0n) is 11.8. The van der Waals surface area contributed by atoms with Crippen LogP contribution in [0.5, 0.6) is 0 Å². The van der Waals surface area contributed by atoms with E-state index in [-0.39, 0.29) is 0 Å². The number of amides is 1. The summed E-state index contributed by atoms with van der Waals surface area (Å²) < 4.78 is 0. The first-order valence-corrected chi connectivity index (χ1v) is 6.43. The Morgan fingerprint density at radius 3 is 2.35 bits per heavy atom. The van der Waals surface area contributed by atoms with E-state index in [1.54, 1.807) is 6.07 Å². The van der Waals surface area contributed by atoms with Gasteiger partial charge in [-0.3, -0.25) is 4.79 Å². The molecule has 0 fully saturated rings. The number of aryl methyl sites for hydroxylation is 1. The number of hydrogen-bond donors (Lipinski definition) is 2. The van der Waals surface area contributed by atoms with Gasteiger partial charge in [0, 0.05) is 30.5 Å². The fourth-order valence-electron chi connectivity index (χ4n) is 2.10. The zero-order chi connectivity index (χ0) is 14.7. The lowest BCUT2D eigenvalue weighted by atomic mass is 10.0. The van der Waals surface area contributed by atoms with E-state index < -0.39 is 5.91 Å². The maximum Gasteiger partial charge on any atom is 0.248 e. The average Bonchev–Trinajstić information content (AvgIpc) is 2.41. The van der Waals surface area contributed by atoms with Gasteiger partial charge in [0.25, 0.3) is 0 Å². The highest BCUT2D eigenvalue weighted by Gasteiger charge is 2.07. The molecule has 0 saturated heterocycles. The monoisotopic (exact) mass is 269 g/mol. The number of carbonyl (C=O) groups excluding carboxylic acids is 1. The van der Waals surface area contributed by atoms with Gasteiger partial charge >= 0.3 is 0 Å². The van der Waals surface area contributed by atoms with E-state index in [0.717, 1.165) is 29.0 Å². The third-order valence-corrected chi connectivity index (χ3v) is 3.37. The maximum atomic E-state index is 11.1. The fourth-order valence-corrected chi connectivity index (χ4v) is 2.10. The Kier molecular flexibility index (Phi) is 3.94. The molecule has 2 aromatic carbocycles. The second kappa shape index (κ2) is 5.65. The van der Waals surface area contributed by atoms with Crippen molar-refractivity contribution in [3.05, 3.63) is 59.2 Å². The predicted octanol–water partition coefficient (Wildman–Crippen LogP) is 2.31. The lowest BCUT2D eigenvalue weighted by molar-refractivity contribution is 0.1000. The molecule has 0 aromatic heterocycles. The SMILES string of the molecule is Cc1cc(C(N)=O)ccc1CN(C)c1ccc(N)cc1. The molecular formula is C16H19N3O. The molecule has 0 radical (unpaired) electrons. The summed E-state index contributed by atoms with van der Waals surface area (Å²) >= 11 is 0. The minimum atomic E-state index is -0.397. The Balaban J connectivity index is 2.17. The second-order valence-electron chi connectivity index (χ2n) is 4.95. The first-order chi connectivity index (χ1) is 9.47. The Morgan fingerprint density at radius 1 is 1.15 bits per heavy atom. The number of carbonyl (C=O) groups is 1. The second-order valence-corrected chi connectivity index (χ2v) is 4.95. The summed E-state index contributed by atoms with van der Waals surface area (Å²) in [5, 5.41) is 0. The first-order valence-electron chi connectivity index (χ1n) is 6.43. The van der Waals surface area contributed by atoms with Gasteiger partial charge in [-0.15, -0.1) is 0 Å². The van der Waals surface area contributed by atoms with E-state index in [2.05, 4.69) is 4.90 Å². The molecule has 0 saturated carbocycles. The number of anilines is 2. The smallest absolute Gasteiger partial charge is 0.248 e. The van der Waals surface area contributed by atoms with Crippen LogP contribution in [0.2, 0.25) is 0 Å². The van der Waals surface area contributed by atoms with Gasteiger partial charge in [-0.1, -0.05) is 6.07 Å². The Morgan fingerprint density at radius 2 is 1.80 bits per heavy atom. The molecule has 0 aliphatic heterocycles. The topological polar surface area (TPSA) is 72.4 Å². The van der Waals surface area contributed by atoms with Gasteiger partial charge in [-0.2, -0.15) is 0 Å². The molecule has 4 nitrogen and oxygen atoms in total. The third-order valence-electron chi connectivity index (χ3n) is 3.37. The molecule has 104 valence electrons. The molecule has 20 heavy (non-hydrogen) atoms. The number of benzene rings is 2. The highest BCUT2D eigenvalue weighted by molar-refractivity contribution is 5.93. The van der Waals surface area contributed by atoms with Crippen molar-refractivity contribution in [3.63, 3.8) is 0 Å². The van der Waals surface area contributed by atoms with Crippen molar-refractivity contribution in [2.75, 3.05) is 17.7 Å². The molecule has 0 unspecified atom stereocenters. The standard InChI is InChI=1S/C16H19N3O/c1-11-9-12(16(18)20)3-4-13(11)10-19(2)15-7-5-14(17)6-8-15/h3-9H,10,17H2,1-2H3,(H2,18,20). The van der Waals surface area contributed by atoms with Crippen LogP contribution < -0.4 is 16.4 Å². The minimum Gasteiger partial charge on any atom is -0.399 e. The molecule has 0 spiro atoms. The molecular weight excluding hydrogens is 250 g/mol. The minimum absolute atomic E-state index is 0.397. The summed E-state index contributed by atoms with van der Waals surface area (Å²) in [5.74, 6) is -0.397. The molecule has 4 heteroatoms. The van der Waals surface area contributed by atoms with Gasteiger partial charge in [0.2, 0.25) is 5.91 Å². The number of primary amides is 1. The number of nitrogen functional groups attached to an aromatic ring is 1. The summed E-state index contributed by atoms with van der Waals surface area (Å²) in [6, 6.07) is 13.3. The Labute approximate surface area is 119 Å². The van der Waals surface area contributed by atoms with E-state index >= 15 is 0 Å². The largest absolute Gasteiger partial charge is 0.399 e. The zero-order valence-corrected chi connectivity index (χ0v) is 11.8. The number of rotatable bonds is 4. The quantitative estimate of drug-likeness (QED) is 0.837. The molecule has 1 amide bonds. The molecule has 0 atom stereocenters. The van der Waals surface area contributed by atoms with E-state index in [9.17, 15) is 4.79 Å². The Hall–Kier alpha value is -2.49. The van der Waals surface area contributed by atoms with Gasteiger partial charge in [-0.25, -0.2) is 0 Å². The van der Waals surface area contributed by atoms with E-state index in [1.807, 2.05) is 50.4 Å². The van der Waals surface area contributed by atoms with Crippen LogP contribution in [0.4, 0.5) is 11.4 Å². The maximum absolute atomic E-state index is 11.1. The number of nitrogens with two attached hydrogens (primary N) is 2. The predicted molar refractivity (Wildman–Crippen MR) is 82.7 cm³/mol. The van der Waals surface area contributed by atoms with Crippen LogP contribution in [0.3, 0.4) is 0 Å². The van der Waals surface area contributed by atoms with Crippen LogP contribution in [-0.4, -0.2) is 13.0 Å². The van der Waals surface area contributed by atoms with Gasteiger partial charge in [0.1, 0.15) is 0 Å². The highest BCUT2D eigenvalue weighted by atomic mass is 16.1. The van der Waals surface area contributed by atoms with Crippen molar-refractivity contribution in [1.82, 2.24) is 0 Å². The van der Waals surface area contributed by atoms with Gasteiger partial charge in [-0.05, 0) is 54.4 Å². The van der Waals surface area contributed by atoms with Crippen LogP contribution in [0, 0.1) is 6.92 Å². The molecule has 4 N–H and O–H groups in total. The summed E-state index contributed by atoms with van der Waals surface area (Å²) in [6.07, 6.45) is 0. The van der Waals surface area contributed by atoms with Gasteiger partial charge in [0.15, 0.2) is 0 Å². The molecule has 0 aliphatic rings. The highest BCUT2D eigenvalue weighted by Crippen LogP contribution is 2.19. The van der Waals surface area contributed by atoms with E-state index in [1.165, 1.54) is 0 Å². The fraction of sp³-hybridized carbons (Fsp3) is 0.188.